The van der Waals surface area contributed by atoms with E-state index in [9.17, 15) is 4.79 Å². The molecule has 1 amide bonds. The van der Waals surface area contributed by atoms with E-state index >= 15 is 0 Å². The monoisotopic (exact) mass is 314 g/mol. The third-order valence-electron chi connectivity index (χ3n) is 2.74. The van der Waals surface area contributed by atoms with Crippen LogP contribution in [0.3, 0.4) is 0 Å². The average Bonchev–Trinajstić information content (AvgIpc) is 2.30. The van der Waals surface area contributed by atoms with E-state index in [1.165, 1.54) is 6.20 Å². The summed E-state index contributed by atoms with van der Waals surface area (Å²) in [5, 5.41) is 2.72. The Bertz CT molecular complexity index is 392. The summed E-state index contributed by atoms with van der Waals surface area (Å²) in [4.78, 5) is 19.8. The van der Waals surface area contributed by atoms with Gasteiger partial charge in [0.25, 0.3) is 0 Å². The van der Waals surface area contributed by atoms with Gasteiger partial charge in [-0.3, -0.25) is 4.79 Å². The average molecular weight is 315 g/mol. The fraction of sp³-hybridized carbons (Fsp3) is 0.583. The van der Waals surface area contributed by atoms with Gasteiger partial charge >= 0.3 is 0 Å². The zero-order chi connectivity index (χ0) is 13.6. The van der Waals surface area contributed by atoms with Gasteiger partial charge in [-0.15, -0.1) is 0 Å². The first-order chi connectivity index (χ1) is 8.43. The van der Waals surface area contributed by atoms with Crippen LogP contribution in [0.4, 0.5) is 5.82 Å². The number of aromatic nitrogens is 2. The molecule has 0 aliphatic rings. The Morgan fingerprint density at radius 2 is 2.11 bits per heavy atom. The Hall–Kier alpha value is -1.01. The lowest BCUT2D eigenvalue weighted by Crippen LogP contribution is -2.21. The summed E-state index contributed by atoms with van der Waals surface area (Å²) in [6.07, 6.45) is 5.25. The van der Waals surface area contributed by atoms with Crippen molar-refractivity contribution < 1.29 is 4.79 Å². The molecule has 0 spiro atoms. The van der Waals surface area contributed by atoms with E-state index in [0.717, 1.165) is 12.8 Å². The topological polar surface area (TPSA) is 80.9 Å². The van der Waals surface area contributed by atoms with Crippen LogP contribution in [0.5, 0.6) is 0 Å². The Morgan fingerprint density at radius 3 is 2.67 bits per heavy atom. The van der Waals surface area contributed by atoms with Crippen molar-refractivity contribution in [3.63, 3.8) is 0 Å². The molecule has 3 N–H and O–H groups in total. The highest BCUT2D eigenvalue weighted by atomic mass is 79.9. The number of amides is 1. The quantitative estimate of drug-likeness (QED) is 0.844. The molecular formula is C12H19BrN4O. The number of rotatable bonds is 6. The molecule has 0 saturated heterocycles. The molecule has 1 rings (SSSR count). The van der Waals surface area contributed by atoms with Gasteiger partial charge in [-0.2, -0.15) is 0 Å². The molecule has 5 nitrogen and oxygen atoms in total. The molecule has 0 atom stereocenters. The Labute approximate surface area is 116 Å². The van der Waals surface area contributed by atoms with E-state index in [1.54, 1.807) is 6.20 Å². The van der Waals surface area contributed by atoms with Crippen LogP contribution in [-0.4, -0.2) is 22.4 Å². The van der Waals surface area contributed by atoms with Gasteiger partial charge in [0, 0.05) is 6.42 Å². The van der Waals surface area contributed by atoms with Gasteiger partial charge < -0.3 is 11.1 Å². The van der Waals surface area contributed by atoms with E-state index in [1.807, 2.05) is 0 Å². The number of carbonyl (C=O) groups is 1. The van der Waals surface area contributed by atoms with E-state index in [4.69, 9.17) is 5.73 Å². The van der Waals surface area contributed by atoms with Gasteiger partial charge in [0.15, 0.2) is 5.82 Å². The van der Waals surface area contributed by atoms with Crippen molar-refractivity contribution in [1.29, 1.82) is 0 Å². The third kappa shape index (κ3) is 5.55. The van der Waals surface area contributed by atoms with Crippen molar-refractivity contribution in [2.45, 2.75) is 33.1 Å². The highest BCUT2D eigenvalue weighted by Gasteiger charge is 2.18. The zero-order valence-electron chi connectivity index (χ0n) is 10.7. The minimum absolute atomic E-state index is 0.0447. The number of anilines is 1. The lowest BCUT2D eigenvalue weighted by Gasteiger charge is -2.23. The van der Waals surface area contributed by atoms with Crippen molar-refractivity contribution in [3.8, 4) is 0 Å². The van der Waals surface area contributed by atoms with Gasteiger partial charge in [0.05, 0.1) is 12.4 Å². The zero-order valence-corrected chi connectivity index (χ0v) is 12.3. The fourth-order valence-electron chi connectivity index (χ4n) is 1.55. The summed E-state index contributed by atoms with van der Waals surface area (Å²) in [6.45, 7) is 4.88. The molecule has 18 heavy (non-hydrogen) atoms. The molecule has 100 valence electrons. The van der Waals surface area contributed by atoms with Crippen molar-refractivity contribution in [3.05, 3.63) is 17.0 Å². The van der Waals surface area contributed by atoms with Crippen LogP contribution in [0.1, 0.15) is 33.1 Å². The van der Waals surface area contributed by atoms with Gasteiger partial charge in [-0.1, -0.05) is 13.8 Å². The maximum Gasteiger partial charge on any atom is 0.225 e. The molecule has 6 heteroatoms. The maximum atomic E-state index is 11.7. The summed E-state index contributed by atoms with van der Waals surface area (Å²) >= 11 is 3.19. The van der Waals surface area contributed by atoms with Crippen molar-refractivity contribution in [2.24, 2.45) is 11.1 Å². The molecular weight excluding hydrogens is 296 g/mol. The second-order valence-corrected chi connectivity index (χ2v) is 5.79. The second-order valence-electron chi connectivity index (χ2n) is 4.98. The number of nitrogens with zero attached hydrogens (tertiary/aromatic N) is 2. The minimum atomic E-state index is -0.0447. The van der Waals surface area contributed by atoms with Gasteiger partial charge in [0.1, 0.15) is 4.60 Å². The Kier molecular flexibility index (Phi) is 5.68. The van der Waals surface area contributed by atoms with Crippen LogP contribution in [0, 0.1) is 5.41 Å². The number of hydrogen-bond acceptors (Lipinski definition) is 4. The highest BCUT2D eigenvalue weighted by Crippen LogP contribution is 2.25. The van der Waals surface area contributed by atoms with E-state index < -0.39 is 0 Å². The van der Waals surface area contributed by atoms with E-state index in [2.05, 4.69) is 45.1 Å². The molecule has 0 unspecified atom stereocenters. The molecule has 0 aliphatic carbocycles. The lowest BCUT2D eigenvalue weighted by molar-refractivity contribution is -0.116. The SMILES string of the molecule is CC(C)(CCN)CCC(=O)Nc1cnc(Br)cn1. The van der Waals surface area contributed by atoms with Crippen LogP contribution >= 0.6 is 15.9 Å². The molecule has 0 fully saturated rings. The fourth-order valence-corrected chi connectivity index (χ4v) is 1.75. The van der Waals surface area contributed by atoms with Crippen LogP contribution in [0.25, 0.3) is 0 Å². The molecule has 0 saturated carbocycles. The summed E-state index contributed by atoms with van der Waals surface area (Å²) in [5.41, 5.74) is 5.63. The molecule has 1 heterocycles. The summed E-state index contributed by atoms with van der Waals surface area (Å²) in [7, 11) is 0. The number of nitrogens with two attached hydrogens (primary N) is 1. The molecule has 0 radical (unpaired) electrons. The molecule has 0 aliphatic heterocycles. The molecule has 0 bridgehead atoms. The smallest absolute Gasteiger partial charge is 0.225 e. The first-order valence-corrected chi connectivity index (χ1v) is 6.70. The van der Waals surface area contributed by atoms with Crippen LogP contribution in [0.2, 0.25) is 0 Å². The largest absolute Gasteiger partial charge is 0.330 e. The predicted molar refractivity (Wildman–Crippen MR) is 75.0 cm³/mol. The minimum Gasteiger partial charge on any atom is -0.330 e. The normalized spacial score (nSPS) is 11.3. The summed E-state index contributed by atoms with van der Waals surface area (Å²) in [5.74, 6) is 0.427. The lowest BCUT2D eigenvalue weighted by atomic mass is 9.84. The standard InChI is InChI=1S/C12H19BrN4O/c1-12(2,5-6-14)4-3-11(18)17-10-8-15-9(13)7-16-10/h7-8H,3-6,14H2,1-2H3,(H,16,17,18). The van der Waals surface area contributed by atoms with Crippen LogP contribution < -0.4 is 11.1 Å². The van der Waals surface area contributed by atoms with Gasteiger partial charge in [-0.05, 0) is 40.7 Å². The van der Waals surface area contributed by atoms with Gasteiger partial charge in [-0.25, -0.2) is 9.97 Å². The van der Waals surface area contributed by atoms with Crippen molar-refractivity contribution >= 4 is 27.7 Å². The van der Waals surface area contributed by atoms with Crippen LogP contribution in [-0.2, 0) is 4.79 Å². The van der Waals surface area contributed by atoms with Crippen molar-refractivity contribution in [2.75, 3.05) is 11.9 Å². The Balaban J connectivity index is 2.40. The first-order valence-electron chi connectivity index (χ1n) is 5.90. The summed E-state index contributed by atoms with van der Waals surface area (Å²) in [6, 6.07) is 0. The third-order valence-corrected chi connectivity index (χ3v) is 3.15. The number of carbonyl (C=O) groups excluding carboxylic acids is 1. The molecule has 1 aromatic rings. The molecule has 1 aromatic heterocycles. The summed E-state index contributed by atoms with van der Waals surface area (Å²) < 4.78 is 0.643. The number of hydrogen-bond donors (Lipinski definition) is 2. The second kappa shape index (κ2) is 6.80. The number of nitrogens with one attached hydrogen (secondary N) is 1. The Morgan fingerprint density at radius 1 is 1.39 bits per heavy atom. The number of halogens is 1. The van der Waals surface area contributed by atoms with E-state index in [-0.39, 0.29) is 11.3 Å². The predicted octanol–water partition coefficient (Wildman–Crippen LogP) is 2.33. The highest BCUT2D eigenvalue weighted by molar-refractivity contribution is 9.10. The van der Waals surface area contributed by atoms with E-state index in [0.29, 0.717) is 23.4 Å². The maximum absolute atomic E-state index is 11.7. The van der Waals surface area contributed by atoms with Crippen LogP contribution in [0.15, 0.2) is 17.0 Å². The van der Waals surface area contributed by atoms with Gasteiger partial charge in [0.2, 0.25) is 5.91 Å². The molecule has 0 aromatic carbocycles. The van der Waals surface area contributed by atoms with Crippen molar-refractivity contribution in [1.82, 2.24) is 9.97 Å². The first kappa shape index (κ1) is 15.0.